The van der Waals surface area contributed by atoms with Crippen molar-refractivity contribution in [3.63, 3.8) is 0 Å². The summed E-state index contributed by atoms with van der Waals surface area (Å²) in [6.45, 7) is 1.92. The van der Waals surface area contributed by atoms with Gasteiger partial charge in [-0.2, -0.15) is 0 Å². The van der Waals surface area contributed by atoms with Crippen LogP contribution in [0.25, 0.3) is 0 Å². The van der Waals surface area contributed by atoms with Crippen LogP contribution in [0.3, 0.4) is 0 Å². The second-order valence-corrected chi connectivity index (χ2v) is 1.90. The van der Waals surface area contributed by atoms with E-state index >= 15 is 0 Å². The van der Waals surface area contributed by atoms with Crippen molar-refractivity contribution in [2.24, 2.45) is 0 Å². The van der Waals surface area contributed by atoms with E-state index in [0.717, 1.165) is 5.75 Å². The molecule has 0 saturated carbocycles. The third kappa shape index (κ3) is 5.34. The van der Waals surface area contributed by atoms with E-state index in [1.807, 2.05) is 43.3 Å². The molecular formula is C9H10ClOZn-. The zero-order valence-corrected chi connectivity index (χ0v) is 10.8. The van der Waals surface area contributed by atoms with E-state index in [4.69, 9.17) is 4.74 Å². The number of hydrogen-bond acceptors (Lipinski definition) is 1. The van der Waals surface area contributed by atoms with Gasteiger partial charge in [0.15, 0.2) is 0 Å². The van der Waals surface area contributed by atoms with Gasteiger partial charge in [0.2, 0.25) is 0 Å². The van der Waals surface area contributed by atoms with Gasteiger partial charge in [0.1, 0.15) is 5.75 Å². The molecule has 0 atom stereocenters. The van der Waals surface area contributed by atoms with E-state index in [9.17, 15) is 0 Å². The van der Waals surface area contributed by atoms with Crippen LogP contribution in [0.5, 0.6) is 5.75 Å². The second-order valence-electron chi connectivity index (χ2n) is 1.90. The van der Waals surface area contributed by atoms with Gasteiger partial charge >= 0.3 is 0 Å². The quantitative estimate of drug-likeness (QED) is 0.500. The van der Waals surface area contributed by atoms with Crippen LogP contribution in [0.1, 0.15) is 6.92 Å². The zero-order valence-electron chi connectivity index (χ0n) is 7.03. The van der Waals surface area contributed by atoms with Crippen LogP contribution in [-0.2, 0) is 19.5 Å². The number of hydrogen-bond donors (Lipinski definition) is 0. The third-order valence-electron chi connectivity index (χ3n) is 1.08. The number of para-hydroxylation sites is 1. The Labute approximate surface area is 92.0 Å². The summed E-state index contributed by atoms with van der Waals surface area (Å²) < 4.78 is 5.17. The van der Waals surface area contributed by atoms with Crippen LogP contribution in [0.4, 0.5) is 0 Å². The molecule has 0 aliphatic rings. The van der Waals surface area contributed by atoms with Gasteiger partial charge < -0.3 is 17.1 Å². The van der Waals surface area contributed by atoms with Crippen molar-refractivity contribution in [2.75, 3.05) is 0 Å². The Hall–Kier alpha value is -0.327. The van der Waals surface area contributed by atoms with E-state index in [0.29, 0.717) is 0 Å². The maximum atomic E-state index is 5.17. The SMILES string of the molecule is C/C=C/Oc1ccccc1.[Cl-].[Zn]. The average molecular weight is 235 g/mol. The fourth-order valence-electron chi connectivity index (χ4n) is 0.646. The second kappa shape index (κ2) is 8.77. The summed E-state index contributed by atoms with van der Waals surface area (Å²) in [6, 6.07) is 9.68. The zero-order chi connectivity index (χ0) is 7.23. The van der Waals surface area contributed by atoms with Crippen LogP contribution in [0, 0.1) is 0 Å². The van der Waals surface area contributed by atoms with E-state index in [1.54, 1.807) is 6.26 Å². The van der Waals surface area contributed by atoms with Gasteiger partial charge in [0.05, 0.1) is 6.26 Å². The minimum Gasteiger partial charge on any atom is -1.00 e. The standard InChI is InChI=1S/C9H10O.ClH.Zn/c1-2-8-10-9-6-4-3-5-7-9;;/h2-8H,1H3;1H;/p-1/b8-2+;;. The van der Waals surface area contributed by atoms with Gasteiger partial charge in [-0.15, -0.1) is 0 Å². The van der Waals surface area contributed by atoms with Crippen LogP contribution in [0.15, 0.2) is 42.7 Å². The van der Waals surface area contributed by atoms with Crippen LogP contribution in [-0.4, -0.2) is 0 Å². The van der Waals surface area contributed by atoms with Crippen LogP contribution >= 0.6 is 0 Å². The molecule has 0 spiro atoms. The molecule has 0 bridgehead atoms. The Morgan fingerprint density at radius 3 is 2.25 bits per heavy atom. The molecule has 0 aliphatic heterocycles. The number of benzene rings is 1. The molecule has 0 amide bonds. The fraction of sp³-hybridized carbons (Fsp3) is 0.111. The van der Waals surface area contributed by atoms with Crippen LogP contribution < -0.4 is 17.1 Å². The van der Waals surface area contributed by atoms with Crippen molar-refractivity contribution >= 4 is 0 Å². The van der Waals surface area contributed by atoms with Gasteiger partial charge in [-0.3, -0.25) is 0 Å². The summed E-state index contributed by atoms with van der Waals surface area (Å²) in [7, 11) is 0. The maximum absolute atomic E-state index is 5.17. The van der Waals surface area contributed by atoms with Crippen molar-refractivity contribution in [3.8, 4) is 5.75 Å². The summed E-state index contributed by atoms with van der Waals surface area (Å²) in [6.07, 6.45) is 3.52. The first-order valence-electron chi connectivity index (χ1n) is 3.26. The first kappa shape index (κ1) is 14.2. The minimum atomic E-state index is 0. The molecule has 0 radical (unpaired) electrons. The molecule has 12 heavy (non-hydrogen) atoms. The van der Waals surface area contributed by atoms with Crippen molar-refractivity contribution in [1.29, 1.82) is 0 Å². The van der Waals surface area contributed by atoms with E-state index in [-0.39, 0.29) is 31.9 Å². The summed E-state index contributed by atoms with van der Waals surface area (Å²) in [5.41, 5.74) is 0. The van der Waals surface area contributed by atoms with Crippen LogP contribution in [0.2, 0.25) is 0 Å². The van der Waals surface area contributed by atoms with Gasteiger partial charge in [-0.25, -0.2) is 0 Å². The Balaban J connectivity index is 0. The molecular weight excluding hydrogens is 225 g/mol. The van der Waals surface area contributed by atoms with Gasteiger partial charge in [-0.1, -0.05) is 24.3 Å². The van der Waals surface area contributed by atoms with Crippen molar-refractivity contribution in [2.45, 2.75) is 6.92 Å². The van der Waals surface area contributed by atoms with Gasteiger partial charge in [0.25, 0.3) is 0 Å². The topological polar surface area (TPSA) is 9.23 Å². The Morgan fingerprint density at radius 1 is 1.17 bits per heavy atom. The van der Waals surface area contributed by atoms with E-state index in [1.165, 1.54) is 0 Å². The summed E-state index contributed by atoms with van der Waals surface area (Å²) >= 11 is 0. The monoisotopic (exact) mass is 233 g/mol. The Kier molecular flexibility index (Phi) is 10.4. The summed E-state index contributed by atoms with van der Waals surface area (Å²) in [4.78, 5) is 0. The first-order valence-corrected chi connectivity index (χ1v) is 3.26. The molecule has 1 aromatic carbocycles. The van der Waals surface area contributed by atoms with E-state index in [2.05, 4.69) is 0 Å². The predicted molar refractivity (Wildman–Crippen MR) is 41.9 cm³/mol. The number of rotatable bonds is 2. The molecule has 0 heterocycles. The molecule has 1 aromatic rings. The number of allylic oxidation sites excluding steroid dienone is 1. The molecule has 3 heteroatoms. The van der Waals surface area contributed by atoms with Crippen molar-refractivity contribution < 1.29 is 36.6 Å². The summed E-state index contributed by atoms with van der Waals surface area (Å²) in [5.74, 6) is 0.876. The van der Waals surface area contributed by atoms with E-state index < -0.39 is 0 Å². The Bertz CT molecular complexity index is 211. The molecule has 1 nitrogen and oxygen atoms in total. The fourth-order valence-corrected chi connectivity index (χ4v) is 0.646. The predicted octanol–water partition coefficient (Wildman–Crippen LogP) is -0.400. The smallest absolute Gasteiger partial charge is 0.126 e. The van der Waals surface area contributed by atoms with Crippen molar-refractivity contribution in [1.82, 2.24) is 0 Å². The summed E-state index contributed by atoms with van der Waals surface area (Å²) in [5, 5.41) is 0. The molecule has 0 saturated heterocycles. The average Bonchev–Trinajstić information content (AvgIpc) is 2.03. The molecule has 0 aromatic heterocycles. The number of halogens is 1. The molecule has 0 unspecified atom stereocenters. The van der Waals surface area contributed by atoms with Gasteiger partial charge in [0, 0.05) is 19.5 Å². The normalized spacial score (nSPS) is 8.42. The Morgan fingerprint density at radius 2 is 1.75 bits per heavy atom. The molecule has 0 aliphatic carbocycles. The third-order valence-corrected chi connectivity index (χ3v) is 1.08. The first-order chi connectivity index (χ1) is 4.93. The molecule has 1 rings (SSSR count). The minimum absolute atomic E-state index is 0. The maximum Gasteiger partial charge on any atom is 0.126 e. The van der Waals surface area contributed by atoms with Gasteiger partial charge in [-0.05, 0) is 19.1 Å². The molecule has 62 valence electrons. The number of ether oxygens (including phenoxy) is 1. The van der Waals surface area contributed by atoms with Crippen molar-refractivity contribution in [3.05, 3.63) is 42.7 Å². The molecule has 0 N–H and O–H groups in total. The molecule has 0 fully saturated rings. The largest absolute Gasteiger partial charge is 1.00 e.